The molecule has 0 saturated carbocycles. The Labute approximate surface area is 156 Å². The van der Waals surface area contributed by atoms with Gasteiger partial charge in [-0.05, 0) is 12.1 Å². The van der Waals surface area contributed by atoms with Crippen molar-refractivity contribution in [2.75, 3.05) is 0 Å². The number of hydrogen-bond acceptors (Lipinski definition) is 7. The molecule has 0 fully saturated rings. The van der Waals surface area contributed by atoms with Gasteiger partial charge in [0, 0.05) is 28.5 Å². The zero-order chi connectivity index (χ0) is 17.8. The molecule has 0 amide bonds. The average Bonchev–Trinajstić information content (AvgIpc) is 3.46. The van der Waals surface area contributed by atoms with Gasteiger partial charge >= 0.3 is 0 Å². The molecule has 0 aliphatic carbocycles. The van der Waals surface area contributed by atoms with E-state index < -0.39 is 0 Å². The van der Waals surface area contributed by atoms with Gasteiger partial charge in [0.25, 0.3) is 0 Å². The van der Waals surface area contributed by atoms with Crippen LogP contribution in [0.4, 0.5) is 0 Å². The molecule has 2 aromatic carbocycles. The van der Waals surface area contributed by atoms with E-state index in [1.165, 1.54) is 12.8 Å². The number of benzene rings is 2. The van der Waals surface area contributed by atoms with Gasteiger partial charge in [-0.1, -0.05) is 24.3 Å². The molecule has 27 heavy (non-hydrogen) atoms. The Morgan fingerprint density at radius 1 is 0.778 bits per heavy atom. The van der Waals surface area contributed by atoms with E-state index in [9.17, 15) is 0 Å². The van der Waals surface area contributed by atoms with Crippen molar-refractivity contribution in [1.82, 2.24) is 19.9 Å². The summed E-state index contributed by atoms with van der Waals surface area (Å²) in [6, 6.07) is 12.1. The van der Waals surface area contributed by atoms with E-state index in [0.29, 0.717) is 5.71 Å². The van der Waals surface area contributed by atoms with E-state index in [-0.39, 0.29) is 0 Å². The Morgan fingerprint density at radius 2 is 1.67 bits per heavy atom. The predicted octanol–water partition coefficient (Wildman–Crippen LogP) is 5.31. The van der Waals surface area contributed by atoms with Crippen LogP contribution in [0.2, 0.25) is 0 Å². The summed E-state index contributed by atoms with van der Waals surface area (Å²) in [5.74, 6) is 0. The summed E-state index contributed by atoms with van der Waals surface area (Å²) in [6.07, 6.45) is 4.68. The lowest BCUT2D eigenvalue weighted by Crippen LogP contribution is -1.86. The monoisotopic (exact) mass is 370 g/mol. The fraction of sp³-hybridized carbons (Fsp3) is 0. The summed E-state index contributed by atoms with van der Waals surface area (Å²) in [5, 5.41) is 0. The highest BCUT2D eigenvalue weighted by Gasteiger charge is 2.16. The van der Waals surface area contributed by atoms with Gasteiger partial charge in [0.15, 0.2) is 18.4 Å². The lowest BCUT2D eigenvalue weighted by atomic mass is 9.99. The smallest absolute Gasteiger partial charge is 0.246 e. The summed E-state index contributed by atoms with van der Waals surface area (Å²) < 4.78 is 12.0. The molecule has 6 aromatic rings. The molecular formula is C20H10N4O2S. The van der Waals surface area contributed by atoms with Crippen LogP contribution in [0.1, 0.15) is 0 Å². The minimum atomic E-state index is 0.535. The van der Waals surface area contributed by atoms with Gasteiger partial charge < -0.3 is 8.83 Å². The summed E-state index contributed by atoms with van der Waals surface area (Å²) in [6.45, 7) is 0. The van der Waals surface area contributed by atoms with E-state index >= 15 is 0 Å². The number of rotatable bonds is 2. The first kappa shape index (κ1) is 14.6. The molecule has 0 N–H and O–H groups in total. The number of fused-ring (bicyclic) bond motifs is 3. The van der Waals surface area contributed by atoms with Gasteiger partial charge in [0.1, 0.15) is 11.0 Å². The maximum absolute atomic E-state index is 5.62. The van der Waals surface area contributed by atoms with Crippen LogP contribution in [0, 0.1) is 0 Å². The highest BCUT2D eigenvalue weighted by molar-refractivity contribution is 7.17. The molecule has 0 atom stereocenters. The van der Waals surface area contributed by atoms with Crippen LogP contribution in [-0.4, -0.2) is 19.9 Å². The summed E-state index contributed by atoms with van der Waals surface area (Å²) in [5.41, 5.74) is 9.72. The van der Waals surface area contributed by atoms with Crippen LogP contribution in [0.25, 0.3) is 54.8 Å². The zero-order valence-electron chi connectivity index (χ0n) is 13.8. The minimum absolute atomic E-state index is 0.535. The highest BCUT2D eigenvalue weighted by atomic mass is 32.1. The lowest BCUT2D eigenvalue weighted by Gasteiger charge is -2.08. The van der Waals surface area contributed by atoms with E-state index in [4.69, 9.17) is 8.83 Å². The quantitative estimate of drug-likeness (QED) is 0.411. The van der Waals surface area contributed by atoms with Crippen LogP contribution < -0.4 is 0 Å². The van der Waals surface area contributed by atoms with Crippen molar-refractivity contribution in [2.45, 2.75) is 0 Å². The van der Waals surface area contributed by atoms with Gasteiger partial charge in [-0.2, -0.15) is 0 Å². The van der Waals surface area contributed by atoms with Crippen molar-refractivity contribution in [1.29, 1.82) is 0 Å². The fourth-order valence-electron chi connectivity index (χ4n) is 3.40. The number of pyridine rings is 1. The second kappa shape index (κ2) is 5.46. The van der Waals surface area contributed by atoms with Crippen LogP contribution >= 0.6 is 11.3 Å². The van der Waals surface area contributed by atoms with E-state index in [0.717, 1.165) is 49.1 Å². The normalized spacial score (nSPS) is 11.7. The molecule has 6 nitrogen and oxygen atoms in total. The number of oxazole rings is 2. The number of hydrogen-bond donors (Lipinski definition) is 0. The molecule has 0 unspecified atom stereocenters. The Hall–Kier alpha value is -3.58. The van der Waals surface area contributed by atoms with Crippen molar-refractivity contribution < 1.29 is 8.83 Å². The van der Waals surface area contributed by atoms with E-state index in [2.05, 4.69) is 32.1 Å². The third-order valence-corrected chi connectivity index (χ3v) is 5.49. The van der Waals surface area contributed by atoms with Crippen molar-refractivity contribution >= 4 is 43.9 Å². The first-order chi connectivity index (χ1) is 13.4. The molecule has 0 bridgehead atoms. The van der Waals surface area contributed by atoms with Gasteiger partial charge in [-0.3, -0.25) is 0 Å². The van der Waals surface area contributed by atoms with E-state index in [1.807, 2.05) is 29.8 Å². The maximum Gasteiger partial charge on any atom is 0.246 e. The standard InChI is InChI=1S/C20H10N4O2S/c1-2-14(18-15(3-1)22-8-25-18)13-5-4-12(19-17(13)24-10-27-19)11-6-16-20(21-7-11)26-9-23-16/h1-10H. The molecule has 6 rings (SSSR count). The lowest BCUT2D eigenvalue weighted by molar-refractivity contribution is 0.590. The zero-order valence-corrected chi connectivity index (χ0v) is 14.6. The molecule has 128 valence electrons. The Kier molecular flexibility index (Phi) is 2.95. The first-order valence-electron chi connectivity index (χ1n) is 8.27. The van der Waals surface area contributed by atoms with E-state index in [1.54, 1.807) is 17.5 Å². The molecule has 0 spiro atoms. The minimum Gasteiger partial charge on any atom is -0.443 e. The molecule has 0 aliphatic rings. The largest absolute Gasteiger partial charge is 0.443 e. The van der Waals surface area contributed by atoms with Crippen LogP contribution in [-0.2, 0) is 0 Å². The van der Waals surface area contributed by atoms with Gasteiger partial charge in [-0.15, -0.1) is 11.3 Å². The molecule has 0 aliphatic heterocycles. The van der Waals surface area contributed by atoms with Crippen LogP contribution in [0.3, 0.4) is 0 Å². The molecule has 7 heteroatoms. The summed E-state index contributed by atoms with van der Waals surface area (Å²) in [4.78, 5) is 17.4. The van der Waals surface area contributed by atoms with Crippen LogP contribution in [0.5, 0.6) is 0 Å². The van der Waals surface area contributed by atoms with Crippen molar-refractivity contribution in [2.24, 2.45) is 0 Å². The molecule has 4 aromatic heterocycles. The van der Waals surface area contributed by atoms with Crippen LogP contribution in [0.15, 0.2) is 69.7 Å². The van der Waals surface area contributed by atoms with Gasteiger partial charge in [0.2, 0.25) is 5.71 Å². The first-order valence-corrected chi connectivity index (χ1v) is 9.15. The molecule has 0 radical (unpaired) electrons. The number of nitrogens with zero attached hydrogens (tertiary/aromatic N) is 4. The Morgan fingerprint density at radius 3 is 2.67 bits per heavy atom. The summed E-state index contributed by atoms with van der Waals surface area (Å²) >= 11 is 1.60. The second-order valence-corrected chi connectivity index (χ2v) is 6.95. The van der Waals surface area contributed by atoms with Crippen molar-refractivity contribution in [3.05, 3.63) is 60.9 Å². The molecular weight excluding hydrogens is 360 g/mol. The SMILES string of the molecule is c1cc(-c2ccc(-c3cnc4ocnc4c3)c3scnc23)c2ocnc2c1. The number of thiazole rings is 1. The van der Waals surface area contributed by atoms with Crippen molar-refractivity contribution in [3.8, 4) is 22.3 Å². The van der Waals surface area contributed by atoms with Gasteiger partial charge in [0.05, 0.1) is 15.7 Å². The maximum atomic E-state index is 5.62. The fourth-order valence-corrected chi connectivity index (χ4v) is 4.25. The Balaban J connectivity index is 1.61. The average molecular weight is 370 g/mol. The predicted molar refractivity (Wildman–Crippen MR) is 103 cm³/mol. The number of para-hydroxylation sites is 1. The van der Waals surface area contributed by atoms with Gasteiger partial charge in [-0.25, -0.2) is 19.9 Å². The summed E-state index contributed by atoms with van der Waals surface area (Å²) in [7, 11) is 0. The number of aromatic nitrogens is 4. The highest BCUT2D eigenvalue weighted by Crippen LogP contribution is 2.39. The molecule has 0 saturated heterocycles. The Bertz CT molecular complexity index is 1450. The third-order valence-electron chi connectivity index (χ3n) is 4.63. The van der Waals surface area contributed by atoms with Crippen molar-refractivity contribution in [3.63, 3.8) is 0 Å². The third kappa shape index (κ3) is 2.12. The second-order valence-electron chi connectivity index (χ2n) is 6.10. The molecule has 4 heterocycles. The topological polar surface area (TPSA) is 77.8 Å².